The number of hydrogen-bond donors (Lipinski definition) is 2. The van der Waals surface area contributed by atoms with E-state index in [1.165, 1.54) is 5.56 Å². The van der Waals surface area contributed by atoms with Crippen LogP contribution in [0.1, 0.15) is 18.9 Å². The molecule has 0 radical (unpaired) electrons. The van der Waals surface area contributed by atoms with Crippen LogP contribution in [0.3, 0.4) is 0 Å². The fourth-order valence-electron chi connectivity index (χ4n) is 2.54. The lowest BCUT2D eigenvalue weighted by atomic mass is 10.2. The van der Waals surface area contributed by atoms with E-state index in [4.69, 9.17) is 24.5 Å². The predicted molar refractivity (Wildman–Crippen MR) is 99.2 cm³/mol. The van der Waals surface area contributed by atoms with Crippen LogP contribution in [0.2, 0.25) is 0 Å². The van der Waals surface area contributed by atoms with Gasteiger partial charge in [-0.1, -0.05) is 19.1 Å². The van der Waals surface area contributed by atoms with Crippen molar-refractivity contribution in [1.82, 2.24) is 9.21 Å². The Kier molecular flexibility index (Phi) is 9.19. The Labute approximate surface area is 159 Å². The van der Waals surface area contributed by atoms with Crippen molar-refractivity contribution >= 4 is 22.0 Å². The predicted octanol–water partition coefficient (Wildman–Crippen LogP) is 0.708. The first kappa shape index (κ1) is 22.9. The van der Waals surface area contributed by atoms with E-state index in [-0.39, 0.29) is 5.75 Å². The molecular formula is C17H26N2O7S. The largest absolute Gasteiger partial charge is 0.497 e. The summed E-state index contributed by atoms with van der Waals surface area (Å²) in [7, 11) is -1.39. The lowest BCUT2D eigenvalue weighted by molar-refractivity contribution is -0.159. The van der Waals surface area contributed by atoms with Crippen LogP contribution in [0, 0.1) is 0 Å². The Morgan fingerprint density at radius 3 is 1.96 bits per heavy atom. The number of carboxylic acid groups (broad SMARTS) is 2. The first-order valence-corrected chi connectivity index (χ1v) is 10.1. The van der Waals surface area contributed by atoms with Gasteiger partial charge in [-0.15, -0.1) is 0 Å². The van der Waals surface area contributed by atoms with Crippen molar-refractivity contribution in [2.75, 3.05) is 39.0 Å². The molecule has 10 heteroatoms. The molecule has 2 rings (SSSR count). The van der Waals surface area contributed by atoms with Crippen molar-refractivity contribution in [3.05, 3.63) is 29.8 Å². The van der Waals surface area contributed by atoms with E-state index in [9.17, 15) is 8.42 Å². The number of nitrogens with zero attached hydrogens (tertiary/aromatic N) is 2. The number of carbonyl (C=O) groups is 2. The highest BCUT2D eigenvalue weighted by Gasteiger charge is 2.25. The number of sulfonamides is 1. The third kappa shape index (κ3) is 7.94. The van der Waals surface area contributed by atoms with Crippen LogP contribution in [-0.2, 0) is 26.2 Å². The molecule has 2 N–H and O–H groups in total. The number of methoxy groups -OCH3 is 1. The van der Waals surface area contributed by atoms with Crippen LogP contribution in [0.25, 0.3) is 0 Å². The summed E-state index contributed by atoms with van der Waals surface area (Å²) in [6.07, 6.45) is 0.675. The van der Waals surface area contributed by atoms with Gasteiger partial charge in [-0.05, 0) is 24.1 Å². The highest BCUT2D eigenvalue weighted by molar-refractivity contribution is 7.89. The molecule has 0 aromatic heterocycles. The van der Waals surface area contributed by atoms with Gasteiger partial charge in [0, 0.05) is 32.7 Å². The molecule has 1 aromatic carbocycles. The van der Waals surface area contributed by atoms with Crippen molar-refractivity contribution in [3.63, 3.8) is 0 Å². The van der Waals surface area contributed by atoms with Gasteiger partial charge in [0.1, 0.15) is 5.75 Å². The summed E-state index contributed by atoms with van der Waals surface area (Å²) in [5, 5.41) is 14.8. The number of ether oxygens (including phenoxy) is 1. The van der Waals surface area contributed by atoms with Crippen molar-refractivity contribution < 1.29 is 33.0 Å². The smallest absolute Gasteiger partial charge is 0.414 e. The van der Waals surface area contributed by atoms with Crippen LogP contribution in [0.5, 0.6) is 5.75 Å². The Balaban J connectivity index is 0.000000527. The zero-order valence-electron chi connectivity index (χ0n) is 15.5. The minimum absolute atomic E-state index is 0.255. The van der Waals surface area contributed by atoms with E-state index in [1.54, 1.807) is 11.4 Å². The van der Waals surface area contributed by atoms with Crippen molar-refractivity contribution in [2.24, 2.45) is 0 Å². The molecule has 0 amide bonds. The lowest BCUT2D eigenvalue weighted by Gasteiger charge is -2.34. The molecule has 27 heavy (non-hydrogen) atoms. The zero-order chi connectivity index (χ0) is 20.4. The number of carboxylic acids is 2. The molecule has 0 atom stereocenters. The highest BCUT2D eigenvalue weighted by Crippen LogP contribution is 2.15. The minimum atomic E-state index is -3.05. The van der Waals surface area contributed by atoms with Gasteiger partial charge >= 0.3 is 11.9 Å². The van der Waals surface area contributed by atoms with Crippen LogP contribution in [0.4, 0.5) is 0 Å². The van der Waals surface area contributed by atoms with Crippen LogP contribution in [0.15, 0.2) is 24.3 Å². The first-order chi connectivity index (χ1) is 12.7. The number of aliphatic carboxylic acids is 2. The normalized spacial score (nSPS) is 15.5. The summed E-state index contributed by atoms with van der Waals surface area (Å²) in [6.45, 7) is 5.52. The molecular weight excluding hydrogens is 376 g/mol. The average Bonchev–Trinajstić information content (AvgIpc) is 2.63. The Hall–Kier alpha value is -2.17. The van der Waals surface area contributed by atoms with Gasteiger partial charge in [-0.25, -0.2) is 18.0 Å². The fraction of sp³-hybridized carbons (Fsp3) is 0.529. The monoisotopic (exact) mass is 402 g/mol. The number of rotatable bonds is 6. The van der Waals surface area contributed by atoms with Gasteiger partial charge in [0.15, 0.2) is 0 Å². The van der Waals surface area contributed by atoms with E-state index in [0.717, 1.165) is 25.4 Å². The molecule has 1 fully saturated rings. The Bertz CT molecular complexity index is 699. The third-order valence-electron chi connectivity index (χ3n) is 3.93. The molecule has 1 aromatic rings. The maximum atomic E-state index is 12.0. The fourth-order valence-corrected chi connectivity index (χ4v) is 4.04. The maximum Gasteiger partial charge on any atom is 0.414 e. The summed E-state index contributed by atoms with van der Waals surface area (Å²) < 4.78 is 30.8. The van der Waals surface area contributed by atoms with E-state index in [1.807, 2.05) is 19.1 Å². The Morgan fingerprint density at radius 1 is 1.04 bits per heavy atom. The number of piperazine rings is 1. The Morgan fingerprint density at radius 2 is 1.56 bits per heavy atom. The number of benzene rings is 1. The van der Waals surface area contributed by atoms with Crippen molar-refractivity contribution in [1.29, 1.82) is 0 Å². The van der Waals surface area contributed by atoms with Gasteiger partial charge in [-0.3, -0.25) is 4.90 Å². The van der Waals surface area contributed by atoms with E-state index < -0.39 is 22.0 Å². The topological polar surface area (TPSA) is 124 Å². The molecule has 0 spiro atoms. The molecule has 1 saturated heterocycles. The molecule has 0 bridgehead atoms. The lowest BCUT2D eigenvalue weighted by Crippen LogP contribution is -2.48. The summed E-state index contributed by atoms with van der Waals surface area (Å²) in [6, 6.07) is 8.02. The second kappa shape index (κ2) is 10.9. The second-order valence-corrected chi connectivity index (χ2v) is 8.04. The summed E-state index contributed by atoms with van der Waals surface area (Å²) >= 11 is 0. The van der Waals surface area contributed by atoms with Gasteiger partial charge in [0.05, 0.1) is 12.9 Å². The van der Waals surface area contributed by atoms with Crippen LogP contribution >= 0.6 is 0 Å². The first-order valence-electron chi connectivity index (χ1n) is 8.49. The molecule has 0 unspecified atom stereocenters. The standard InChI is InChI=1S/C15H24N2O3S.C2H2O4/c1-3-12-21(18,19)17-10-8-16(9-11-17)13-14-4-6-15(20-2)7-5-14;3-1(4)2(5)6/h4-7H,3,8-13H2,1-2H3;(H,3,4)(H,5,6). The molecule has 9 nitrogen and oxygen atoms in total. The highest BCUT2D eigenvalue weighted by atomic mass is 32.2. The SMILES string of the molecule is CCCS(=O)(=O)N1CCN(Cc2ccc(OC)cc2)CC1.O=C(O)C(=O)O. The van der Waals surface area contributed by atoms with Crippen LogP contribution in [-0.4, -0.2) is 78.8 Å². The maximum absolute atomic E-state index is 12.0. The van der Waals surface area contributed by atoms with E-state index in [2.05, 4.69) is 17.0 Å². The third-order valence-corrected chi connectivity index (χ3v) is 6.01. The van der Waals surface area contributed by atoms with Crippen molar-refractivity contribution in [3.8, 4) is 5.75 Å². The quantitative estimate of drug-likeness (QED) is 0.667. The van der Waals surface area contributed by atoms with Crippen molar-refractivity contribution in [2.45, 2.75) is 19.9 Å². The molecule has 1 heterocycles. The van der Waals surface area contributed by atoms with Gasteiger partial charge in [-0.2, -0.15) is 4.31 Å². The molecule has 0 aliphatic carbocycles. The second-order valence-electron chi connectivity index (χ2n) is 5.95. The molecule has 0 saturated carbocycles. The van der Waals surface area contributed by atoms with Crippen LogP contribution < -0.4 is 4.74 Å². The molecule has 1 aliphatic rings. The van der Waals surface area contributed by atoms with E-state index in [0.29, 0.717) is 19.5 Å². The summed E-state index contributed by atoms with van der Waals surface area (Å²) in [5.74, 6) is -2.54. The number of hydrogen-bond acceptors (Lipinski definition) is 6. The zero-order valence-corrected chi connectivity index (χ0v) is 16.3. The van der Waals surface area contributed by atoms with Gasteiger partial charge < -0.3 is 14.9 Å². The minimum Gasteiger partial charge on any atom is -0.497 e. The average molecular weight is 402 g/mol. The van der Waals surface area contributed by atoms with Gasteiger partial charge in [0.25, 0.3) is 0 Å². The van der Waals surface area contributed by atoms with Gasteiger partial charge in [0.2, 0.25) is 10.0 Å². The van der Waals surface area contributed by atoms with E-state index >= 15 is 0 Å². The molecule has 1 aliphatic heterocycles. The summed E-state index contributed by atoms with van der Waals surface area (Å²) in [4.78, 5) is 20.5. The molecule has 152 valence electrons. The summed E-state index contributed by atoms with van der Waals surface area (Å²) in [5.41, 5.74) is 1.22.